The number of anilines is 2. The fourth-order valence-corrected chi connectivity index (χ4v) is 4.36. The number of methoxy groups -OCH3 is 1. The van der Waals surface area contributed by atoms with Crippen molar-refractivity contribution in [3.05, 3.63) is 54.4 Å². The van der Waals surface area contributed by atoms with Gasteiger partial charge in [-0.1, -0.05) is 25.0 Å². The molecule has 2 N–H and O–H groups in total. The van der Waals surface area contributed by atoms with Crippen LogP contribution in [0.5, 0.6) is 5.75 Å². The first-order valence-corrected chi connectivity index (χ1v) is 12.2. The maximum absolute atomic E-state index is 5.51. The van der Waals surface area contributed by atoms with Gasteiger partial charge in [0.2, 0.25) is 5.95 Å². The molecule has 1 aliphatic rings. The lowest BCUT2D eigenvalue weighted by atomic mass is 10.2. The van der Waals surface area contributed by atoms with Crippen molar-refractivity contribution in [2.75, 3.05) is 30.4 Å². The molecular weight excluding hydrogens is 454 g/mol. The monoisotopic (exact) mass is 481 g/mol. The molecule has 0 bridgehead atoms. The second-order valence-corrected chi connectivity index (χ2v) is 8.97. The van der Waals surface area contributed by atoms with Crippen LogP contribution >= 0.6 is 24.0 Å². The summed E-state index contributed by atoms with van der Waals surface area (Å²) in [7, 11) is 1.66. The van der Waals surface area contributed by atoms with Crippen molar-refractivity contribution in [1.29, 1.82) is 0 Å². The normalized spacial score (nSPS) is 13.8. The van der Waals surface area contributed by atoms with Gasteiger partial charge in [-0.3, -0.25) is 0 Å². The van der Waals surface area contributed by atoms with Gasteiger partial charge < -0.3 is 20.3 Å². The molecule has 2 aromatic heterocycles. The minimum atomic E-state index is 0.461. The van der Waals surface area contributed by atoms with Crippen molar-refractivity contribution >= 4 is 40.9 Å². The topological polar surface area (TPSA) is 88.1 Å². The van der Waals surface area contributed by atoms with Gasteiger partial charge in [-0.25, -0.2) is 15.0 Å². The zero-order chi connectivity index (χ0) is 22.9. The third kappa shape index (κ3) is 7.00. The van der Waals surface area contributed by atoms with Crippen molar-refractivity contribution in [2.45, 2.75) is 42.4 Å². The van der Waals surface area contributed by atoms with Gasteiger partial charge in [0.1, 0.15) is 16.6 Å². The van der Waals surface area contributed by atoms with Crippen LogP contribution in [0.1, 0.15) is 31.2 Å². The van der Waals surface area contributed by atoms with E-state index in [4.69, 9.17) is 21.9 Å². The molecule has 10 heteroatoms. The number of nitrogens with zero attached hydrogens (tertiary/aromatic N) is 5. The van der Waals surface area contributed by atoms with Crippen LogP contribution in [-0.2, 0) is 6.54 Å². The Morgan fingerprint density at radius 2 is 1.79 bits per heavy atom. The molecule has 1 fully saturated rings. The highest BCUT2D eigenvalue weighted by molar-refractivity contribution is 7.99. The SMILES string of the molecule is COc1ccc(CNC(=S)Nc2nc(Sc3ncccn3)cc(N3CCCCCC3)n2)cc1. The number of thiocarbonyl (C=S) groups is 1. The van der Waals surface area contributed by atoms with Crippen molar-refractivity contribution in [3.63, 3.8) is 0 Å². The van der Waals surface area contributed by atoms with Crippen LogP contribution in [0, 0.1) is 0 Å². The highest BCUT2D eigenvalue weighted by atomic mass is 32.2. The molecule has 0 saturated carbocycles. The van der Waals surface area contributed by atoms with Gasteiger partial charge >= 0.3 is 0 Å². The number of rotatable bonds is 7. The molecule has 33 heavy (non-hydrogen) atoms. The summed E-state index contributed by atoms with van der Waals surface area (Å²) in [5, 5.41) is 8.25. The first-order valence-electron chi connectivity index (χ1n) is 11.0. The Morgan fingerprint density at radius 3 is 2.48 bits per heavy atom. The van der Waals surface area contributed by atoms with E-state index in [1.807, 2.05) is 30.3 Å². The summed E-state index contributed by atoms with van der Waals surface area (Å²) in [5.41, 5.74) is 1.09. The molecule has 0 unspecified atom stereocenters. The van der Waals surface area contributed by atoms with Crippen molar-refractivity contribution in [1.82, 2.24) is 25.3 Å². The second-order valence-electron chi connectivity index (χ2n) is 7.58. The highest BCUT2D eigenvalue weighted by Crippen LogP contribution is 2.28. The number of aromatic nitrogens is 4. The van der Waals surface area contributed by atoms with Gasteiger partial charge in [0.05, 0.1) is 7.11 Å². The molecule has 172 valence electrons. The summed E-state index contributed by atoms with van der Waals surface area (Å²) in [4.78, 5) is 20.4. The number of nitrogens with one attached hydrogen (secondary N) is 2. The zero-order valence-corrected chi connectivity index (χ0v) is 20.2. The fourth-order valence-electron chi connectivity index (χ4n) is 3.49. The van der Waals surface area contributed by atoms with E-state index < -0.39 is 0 Å². The van der Waals surface area contributed by atoms with Gasteiger partial charge in [-0.15, -0.1) is 0 Å². The molecule has 8 nitrogen and oxygen atoms in total. The molecule has 0 spiro atoms. The molecule has 4 rings (SSSR count). The van der Waals surface area contributed by atoms with E-state index in [-0.39, 0.29) is 0 Å². The Bertz CT molecular complexity index is 1040. The van der Waals surface area contributed by atoms with Crippen molar-refractivity contribution < 1.29 is 4.74 Å². The lowest BCUT2D eigenvalue weighted by molar-refractivity contribution is 0.414. The van der Waals surface area contributed by atoms with Crippen LogP contribution in [0.4, 0.5) is 11.8 Å². The van der Waals surface area contributed by atoms with Gasteiger partial charge in [0.25, 0.3) is 0 Å². The van der Waals surface area contributed by atoms with Crippen LogP contribution < -0.4 is 20.3 Å². The summed E-state index contributed by atoms with van der Waals surface area (Å²) in [6, 6.07) is 11.7. The minimum Gasteiger partial charge on any atom is -0.497 e. The Balaban J connectivity index is 1.47. The van der Waals surface area contributed by atoms with Crippen LogP contribution in [0.25, 0.3) is 0 Å². The van der Waals surface area contributed by atoms with E-state index in [1.54, 1.807) is 25.6 Å². The lowest BCUT2D eigenvalue weighted by Crippen LogP contribution is -2.30. The van der Waals surface area contributed by atoms with Crippen LogP contribution in [0.15, 0.2) is 59.0 Å². The third-order valence-electron chi connectivity index (χ3n) is 5.19. The van der Waals surface area contributed by atoms with Gasteiger partial charge in [0, 0.05) is 38.1 Å². The summed E-state index contributed by atoms with van der Waals surface area (Å²) in [6.07, 6.45) is 8.29. The van der Waals surface area contributed by atoms with Crippen LogP contribution in [-0.4, -0.2) is 45.2 Å². The van der Waals surface area contributed by atoms with Crippen molar-refractivity contribution in [3.8, 4) is 5.75 Å². The van der Waals surface area contributed by atoms with Crippen molar-refractivity contribution in [2.24, 2.45) is 0 Å². The fraction of sp³-hybridized carbons (Fsp3) is 0.348. The van der Waals surface area contributed by atoms with Crippen LogP contribution in [0.2, 0.25) is 0 Å². The Hall–Kier alpha value is -2.98. The average molecular weight is 482 g/mol. The molecule has 3 heterocycles. The maximum Gasteiger partial charge on any atom is 0.232 e. The molecule has 1 saturated heterocycles. The number of ether oxygens (including phenoxy) is 1. The summed E-state index contributed by atoms with van der Waals surface area (Å²) in [6.45, 7) is 2.56. The molecule has 0 amide bonds. The molecule has 0 radical (unpaired) electrons. The minimum absolute atomic E-state index is 0.461. The third-order valence-corrected chi connectivity index (χ3v) is 6.25. The summed E-state index contributed by atoms with van der Waals surface area (Å²) in [5.74, 6) is 2.18. The molecule has 0 atom stereocenters. The maximum atomic E-state index is 5.51. The van der Waals surface area contributed by atoms with E-state index in [1.165, 1.54) is 37.4 Å². The first-order chi connectivity index (χ1) is 16.2. The highest BCUT2D eigenvalue weighted by Gasteiger charge is 2.16. The molecule has 1 aliphatic heterocycles. The quantitative estimate of drug-likeness (QED) is 0.289. The first kappa shape index (κ1) is 23.2. The number of benzene rings is 1. The Morgan fingerprint density at radius 1 is 1.06 bits per heavy atom. The smallest absolute Gasteiger partial charge is 0.232 e. The predicted molar refractivity (Wildman–Crippen MR) is 135 cm³/mol. The molecule has 3 aromatic rings. The Kier molecular flexibility index (Phi) is 8.26. The van der Waals surface area contributed by atoms with Gasteiger partial charge in [0.15, 0.2) is 10.3 Å². The van der Waals surface area contributed by atoms with E-state index in [2.05, 4.69) is 30.5 Å². The van der Waals surface area contributed by atoms with Gasteiger partial charge in [-0.2, -0.15) is 4.98 Å². The predicted octanol–water partition coefficient (Wildman–Crippen LogP) is 4.29. The molecule has 0 aliphatic carbocycles. The number of hydrogen-bond acceptors (Lipinski definition) is 8. The average Bonchev–Trinajstić information content (AvgIpc) is 3.13. The van der Waals surface area contributed by atoms with E-state index in [0.29, 0.717) is 22.8 Å². The molecule has 1 aromatic carbocycles. The number of hydrogen-bond donors (Lipinski definition) is 2. The zero-order valence-electron chi connectivity index (χ0n) is 18.5. The Labute approximate surface area is 203 Å². The lowest BCUT2D eigenvalue weighted by Gasteiger charge is -2.22. The van der Waals surface area contributed by atoms with E-state index in [0.717, 1.165) is 35.2 Å². The van der Waals surface area contributed by atoms with E-state index in [9.17, 15) is 0 Å². The standard InChI is InChI=1S/C23H27N7OS2/c1-31-18-9-7-17(8-10-18)16-26-22(32)29-21-27-19(30-13-4-2-3-5-14-30)15-20(28-21)33-23-24-11-6-12-25-23/h6-12,15H,2-5,13-14,16H2,1H3,(H2,26,27,28,29,32). The molecular formula is C23H27N7OS2. The largest absolute Gasteiger partial charge is 0.497 e. The van der Waals surface area contributed by atoms with Crippen LogP contribution in [0.3, 0.4) is 0 Å². The van der Waals surface area contributed by atoms with E-state index >= 15 is 0 Å². The summed E-state index contributed by atoms with van der Waals surface area (Å²) < 4.78 is 5.21. The second kappa shape index (κ2) is 11.8. The van der Waals surface area contributed by atoms with Gasteiger partial charge in [-0.05, 0) is 60.6 Å². The summed E-state index contributed by atoms with van der Waals surface area (Å²) >= 11 is 6.92.